The number of hydrogen-bond donors (Lipinski definition) is 4. The van der Waals surface area contributed by atoms with Gasteiger partial charge < -0.3 is 10.4 Å². The Morgan fingerprint density at radius 3 is 1.88 bits per heavy atom. The van der Waals surface area contributed by atoms with Crippen LogP contribution in [0, 0.1) is 0 Å². The molecule has 24 heavy (non-hydrogen) atoms. The van der Waals surface area contributed by atoms with Gasteiger partial charge in [-0.3, -0.25) is 19.6 Å². The predicted molar refractivity (Wildman–Crippen MR) is 88.2 cm³/mol. The number of aliphatic hydroxyl groups excluding tert-OH is 1. The van der Waals surface area contributed by atoms with Gasteiger partial charge >= 0.3 is 0 Å². The van der Waals surface area contributed by atoms with E-state index in [1.165, 1.54) is 36.7 Å². The Morgan fingerprint density at radius 1 is 0.833 bits per heavy atom. The summed E-state index contributed by atoms with van der Waals surface area (Å²) in [6, 6.07) is 12.5. The maximum Gasteiger partial charge on any atom is 0.274 e. The highest BCUT2D eigenvalue weighted by Gasteiger charge is 2.14. The van der Waals surface area contributed by atoms with E-state index < -0.39 is 11.8 Å². The van der Waals surface area contributed by atoms with Crippen molar-refractivity contribution in [2.45, 2.75) is 6.92 Å². The summed E-state index contributed by atoms with van der Waals surface area (Å²) in [7, 11) is 1.00. The van der Waals surface area contributed by atoms with Gasteiger partial charge in [0.1, 0.15) is 0 Å². The summed E-state index contributed by atoms with van der Waals surface area (Å²) in [6.45, 7) is 1.40. The third-order valence-electron chi connectivity index (χ3n) is 3.06. The Labute approximate surface area is 138 Å². The molecule has 0 aliphatic rings. The lowest BCUT2D eigenvalue weighted by Crippen LogP contribution is -2.19. The van der Waals surface area contributed by atoms with Crippen LogP contribution < -0.4 is 10.8 Å². The number of anilines is 1. The molecule has 0 bridgehead atoms. The SMILES string of the molecule is CC(=O)c1ccccc1C(=O)Nc1ccc(C(=O)NO)cc1.CO. The molecule has 2 amide bonds. The van der Waals surface area contributed by atoms with Crippen LogP contribution in [0.2, 0.25) is 0 Å². The fourth-order valence-corrected chi connectivity index (χ4v) is 1.96. The largest absolute Gasteiger partial charge is 0.400 e. The minimum Gasteiger partial charge on any atom is -0.400 e. The van der Waals surface area contributed by atoms with Crippen molar-refractivity contribution in [1.82, 2.24) is 5.48 Å². The summed E-state index contributed by atoms with van der Waals surface area (Å²) in [5, 5.41) is 18.2. The van der Waals surface area contributed by atoms with Crippen LogP contribution >= 0.6 is 0 Å². The third kappa shape index (κ3) is 4.73. The monoisotopic (exact) mass is 330 g/mol. The maximum absolute atomic E-state index is 12.2. The number of carbonyl (C=O) groups is 3. The zero-order chi connectivity index (χ0) is 18.1. The molecule has 0 unspecified atom stereocenters. The molecule has 2 aromatic rings. The molecule has 126 valence electrons. The summed E-state index contributed by atoms with van der Waals surface area (Å²) >= 11 is 0. The fourth-order valence-electron chi connectivity index (χ4n) is 1.96. The van der Waals surface area contributed by atoms with Gasteiger partial charge in [-0.25, -0.2) is 5.48 Å². The maximum atomic E-state index is 12.2. The molecule has 0 heterocycles. The number of nitrogens with one attached hydrogen (secondary N) is 2. The molecule has 7 heteroatoms. The van der Waals surface area contributed by atoms with Crippen molar-refractivity contribution < 1.29 is 24.7 Å². The lowest BCUT2D eigenvalue weighted by molar-refractivity contribution is 0.0706. The van der Waals surface area contributed by atoms with Gasteiger partial charge in [0.15, 0.2) is 5.78 Å². The smallest absolute Gasteiger partial charge is 0.274 e. The van der Waals surface area contributed by atoms with E-state index in [1.54, 1.807) is 24.3 Å². The van der Waals surface area contributed by atoms with Crippen LogP contribution in [0.4, 0.5) is 5.69 Å². The van der Waals surface area contributed by atoms with Gasteiger partial charge in [-0.15, -0.1) is 0 Å². The topological polar surface area (TPSA) is 116 Å². The van der Waals surface area contributed by atoms with Crippen LogP contribution in [0.15, 0.2) is 48.5 Å². The minimum absolute atomic E-state index is 0.194. The zero-order valence-electron chi connectivity index (χ0n) is 13.2. The quantitative estimate of drug-likeness (QED) is 0.388. The third-order valence-corrected chi connectivity index (χ3v) is 3.06. The van der Waals surface area contributed by atoms with Crippen LogP contribution in [0.5, 0.6) is 0 Å². The Bertz CT molecular complexity index is 726. The van der Waals surface area contributed by atoms with Gasteiger partial charge in [-0.1, -0.05) is 18.2 Å². The van der Waals surface area contributed by atoms with Crippen molar-refractivity contribution in [3.05, 3.63) is 65.2 Å². The van der Waals surface area contributed by atoms with Gasteiger partial charge in [0, 0.05) is 23.9 Å². The molecule has 0 aromatic heterocycles. The highest BCUT2D eigenvalue weighted by atomic mass is 16.5. The highest BCUT2D eigenvalue weighted by Crippen LogP contribution is 2.14. The Morgan fingerprint density at radius 2 is 1.38 bits per heavy atom. The van der Waals surface area contributed by atoms with Crippen LogP contribution in [-0.4, -0.2) is 35.0 Å². The fraction of sp³-hybridized carbons (Fsp3) is 0.118. The Hall–Kier alpha value is -3.03. The minimum atomic E-state index is -0.639. The number of carbonyl (C=O) groups excluding carboxylic acids is 3. The number of rotatable bonds is 4. The summed E-state index contributed by atoms with van der Waals surface area (Å²) in [6.07, 6.45) is 0. The summed E-state index contributed by atoms with van der Waals surface area (Å²) < 4.78 is 0. The first-order chi connectivity index (χ1) is 11.5. The van der Waals surface area contributed by atoms with Crippen LogP contribution in [0.25, 0.3) is 0 Å². The van der Waals surface area contributed by atoms with E-state index in [1.807, 2.05) is 0 Å². The molecule has 0 aliphatic heterocycles. The molecule has 0 atom stereocenters. The number of benzene rings is 2. The Balaban J connectivity index is 0.00000139. The van der Waals surface area contributed by atoms with Gasteiger partial charge in [0.05, 0.1) is 5.56 Å². The van der Waals surface area contributed by atoms with Crippen LogP contribution in [-0.2, 0) is 0 Å². The molecule has 7 nitrogen and oxygen atoms in total. The second-order valence-electron chi connectivity index (χ2n) is 4.57. The first kappa shape index (κ1) is 19.0. The van der Waals surface area contributed by atoms with Crippen molar-refractivity contribution in [3.8, 4) is 0 Å². The highest BCUT2D eigenvalue weighted by molar-refractivity contribution is 6.12. The van der Waals surface area contributed by atoms with Gasteiger partial charge in [0.2, 0.25) is 0 Å². The number of aliphatic hydroxyl groups is 1. The molecule has 0 saturated carbocycles. The van der Waals surface area contributed by atoms with E-state index in [-0.39, 0.29) is 16.9 Å². The molecular weight excluding hydrogens is 312 g/mol. The van der Waals surface area contributed by atoms with Gasteiger partial charge in [-0.2, -0.15) is 0 Å². The van der Waals surface area contributed by atoms with Crippen molar-refractivity contribution in [2.75, 3.05) is 12.4 Å². The first-order valence-electron chi connectivity index (χ1n) is 6.93. The molecular formula is C17H18N2O5. The Kier molecular flexibility index (Phi) is 7.28. The van der Waals surface area contributed by atoms with Gasteiger partial charge in [0.25, 0.3) is 11.8 Å². The molecule has 2 rings (SSSR count). The molecule has 0 spiro atoms. The van der Waals surface area contributed by atoms with Crippen LogP contribution in [0.3, 0.4) is 0 Å². The van der Waals surface area contributed by atoms with Crippen molar-refractivity contribution in [1.29, 1.82) is 0 Å². The number of ketones is 1. The van der Waals surface area contributed by atoms with E-state index in [0.29, 0.717) is 11.3 Å². The van der Waals surface area contributed by atoms with E-state index >= 15 is 0 Å². The molecule has 0 fully saturated rings. The van der Waals surface area contributed by atoms with E-state index in [4.69, 9.17) is 10.3 Å². The standard InChI is InChI=1S/C16H14N2O4.CH4O/c1-10(19)13-4-2-3-5-14(13)16(21)17-12-8-6-11(7-9-12)15(20)18-22;1-2/h2-9,22H,1H3,(H,17,21)(H,18,20);2H,1H3. The molecule has 0 aliphatic carbocycles. The average Bonchev–Trinajstić information content (AvgIpc) is 2.63. The molecule has 2 aromatic carbocycles. The van der Waals surface area contributed by atoms with E-state index in [2.05, 4.69) is 5.32 Å². The normalized spacial score (nSPS) is 9.33. The second kappa shape index (κ2) is 9.19. The zero-order valence-corrected chi connectivity index (χ0v) is 13.2. The lowest BCUT2D eigenvalue weighted by atomic mass is 10.0. The average molecular weight is 330 g/mol. The molecule has 0 radical (unpaired) electrons. The summed E-state index contributed by atoms with van der Waals surface area (Å²) in [5.41, 5.74) is 2.88. The number of Topliss-reactive ketones (excluding diaryl/α,β-unsaturated/α-hetero) is 1. The van der Waals surface area contributed by atoms with E-state index in [9.17, 15) is 14.4 Å². The number of hydrogen-bond acceptors (Lipinski definition) is 5. The van der Waals surface area contributed by atoms with Crippen LogP contribution in [0.1, 0.15) is 38.0 Å². The van der Waals surface area contributed by atoms with Crippen molar-refractivity contribution in [3.63, 3.8) is 0 Å². The molecule has 4 N–H and O–H groups in total. The summed E-state index contributed by atoms with van der Waals surface area (Å²) in [4.78, 5) is 35.0. The number of hydroxylamine groups is 1. The van der Waals surface area contributed by atoms with Crippen molar-refractivity contribution in [2.24, 2.45) is 0 Å². The molecule has 0 saturated heterocycles. The predicted octanol–water partition coefficient (Wildman–Crippen LogP) is 1.87. The second-order valence-corrected chi connectivity index (χ2v) is 4.57. The van der Waals surface area contributed by atoms with Gasteiger partial charge in [-0.05, 0) is 37.3 Å². The lowest BCUT2D eigenvalue weighted by Gasteiger charge is -2.08. The van der Waals surface area contributed by atoms with Crippen molar-refractivity contribution >= 4 is 23.3 Å². The first-order valence-corrected chi connectivity index (χ1v) is 6.93. The van der Waals surface area contributed by atoms with E-state index in [0.717, 1.165) is 7.11 Å². The number of amides is 2. The summed E-state index contributed by atoms with van der Waals surface area (Å²) in [5.74, 6) is -1.24.